The van der Waals surface area contributed by atoms with Gasteiger partial charge in [-0.2, -0.15) is 5.10 Å². The summed E-state index contributed by atoms with van der Waals surface area (Å²) in [5.74, 6) is 0.927. The maximum atomic E-state index is 5.80. The van der Waals surface area contributed by atoms with E-state index in [-0.39, 0.29) is 0 Å². The summed E-state index contributed by atoms with van der Waals surface area (Å²) in [4.78, 5) is 4.49. The van der Waals surface area contributed by atoms with Gasteiger partial charge in [0.2, 0.25) is 10.7 Å². The highest BCUT2D eigenvalue weighted by molar-refractivity contribution is 7.71. The molecule has 9 heteroatoms. The van der Waals surface area contributed by atoms with Crippen LogP contribution in [-0.2, 0) is 24.5 Å². The molecule has 1 aliphatic rings. The highest BCUT2D eigenvalue weighted by atomic mass is 32.1. The van der Waals surface area contributed by atoms with Crippen molar-refractivity contribution < 1.29 is 4.74 Å². The van der Waals surface area contributed by atoms with Crippen LogP contribution >= 0.6 is 12.2 Å². The fourth-order valence-corrected chi connectivity index (χ4v) is 4.75. The summed E-state index contributed by atoms with van der Waals surface area (Å²) in [6.45, 7) is 7.31. The van der Waals surface area contributed by atoms with Gasteiger partial charge >= 0.3 is 0 Å². The molecule has 0 spiro atoms. The van der Waals surface area contributed by atoms with Gasteiger partial charge in [0.05, 0.1) is 31.3 Å². The van der Waals surface area contributed by atoms with Crippen LogP contribution in [0.3, 0.4) is 0 Å². The summed E-state index contributed by atoms with van der Waals surface area (Å²) in [5.41, 5.74) is 4.28. The van der Waals surface area contributed by atoms with E-state index in [9.17, 15) is 0 Å². The van der Waals surface area contributed by atoms with E-state index < -0.39 is 0 Å². The molecule has 1 aliphatic heterocycles. The van der Waals surface area contributed by atoms with Gasteiger partial charge < -0.3 is 9.64 Å². The van der Waals surface area contributed by atoms with Gasteiger partial charge in [-0.1, -0.05) is 48.5 Å². The summed E-state index contributed by atoms with van der Waals surface area (Å²) in [6, 6.07) is 20.6. The van der Waals surface area contributed by atoms with Crippen LogP contribution in [0.25, 0.3) is 16.9 Å². The average molecular weight is 490 g/mol. The Morgan fingerprint density at radius 2 is 1.66 bits per heavy atom. The maximum Gasteiger partial charge on any atom is 0.226 e. The fraction of sp³-hybridized carbons (Fsp3) is 0.346. The first-order valence-electron chi connectivity index (χ1n) is 12.0. The standard InChI is InChI=1S/C26H31N7OS/c1-3-31-25(30-14-16-34-17-15-30)28-33(26(31)35)20-29(2)18-22-19-32(23-12-8-5-9-13-23)27-24(22)21-10-6-4-7-11-21/h4-13,19H,3,14-18,20H2,1-2H3. The van der Waals surface area contributed by atoms with Crippen molar-refractivity contribution in [3.8, 4) is 16.9 Å². The molecule has 0 N–H and O–H groups in total. The molecular weight excluding hydrogens is 458 g/mol. The molecule has 35 heavy (non-hydrogen) atoms. The molecule has 0 unspecified atom stereocenters. The van der Waals surface area contributed by atoms with Gasteiger partial charge in [0.25, 0.3) is 0 Å². The SMILES string of the molecule is CCn1c(N2CCOCC2)nn(CN(C)Cc2cn(-c3ccccc3)nc2-c2ccccc2)c1=S. The Bertz CT molecular complexity index is 1310. The largest absolute Gasteiger partial charge is 0.378 e. The minimum absolute atomic E-state index is 0.591. The molecule has 5 rings (SSSR count). The monoisotopic (exact) mass is 489 g/mol. The van der Waals surface area contributed by atoms with Crippen molar-refractivity contribution in [2.24, 2.45) is 0 Å². The first-order valence-corrected chi connectivity index (χ1v) is 12.4. The van der Waals surface area contributed by atoms with Gasteiger partial charge in [-0.25, -0.2) is 9.36 Å². The van der Waals surface area contributed by atoms with Crippen LogP contribution in [0.2, 0.25) is 0 Å². The van der Waals surface area contributed by atoms with Gasteiger partial charge in [0, 0.05) is 43.5 Å². The Labute approximate surface area is 211 Å². The molecule has 8 nitrogen and oxygen atoms in total. The smallest absolute Gasteiger partial charge is 0.226 e. The quantitative estimate of drug-likeness (QED) is 0.346. The number of nitrogens with zero attached hydrogens (tertiary/aromatic N) is 7. The third-order valence-electron chi connectivity index (χ3n) is 6.19. The molecular formula is C26H31N7OS. The van der Waals surface area contributed by atoms with E-state index in [0.29, 0.717) is 13.2 Å². The van der Waals surface area contributed by atoms with Crippen LogP contribution in [-0.4, -0.2) is 62.4 Å². The molecule has 0 amide bonds. The Morgan fingerprint density at radius 3 is 2.34 bits per heavy atom. The number of ether oxygens (including phenoxy) is 1. The van der Waals surface area contributed by atoms with Crippen molar-refractivity contribution >= 4 is 18.2 Å². The van der Waals surface area contributed by atoms with Gasteiger partial charge in [0.15, 0.2) is 0 Å². The molecule has 0 aliphatic carbocycles. The van der Waals surface area contributed by atoms with Crippen LogP contribution in [0.5, 0.6) is 0 Å². The predicted octanol–water partition coefficient (Wildman–Crippen LogP) is 4.21. The molecule has 3 heterocycles. The molecule has 0 saturated carbocycles. The number of para-hydroxylation sites is 1. The van der Waals surface area contributed by atoms with E-state index in [1.54, 1.807) is 0 Å². The lowest BCUT2D eigenvalue weighted by Gasteiger charge is -2.27. The lowest BCUT2D eigenvalue weighted by molar-refractivity contribution is 0.121. The Balaban J connectivity index is 1.41. The molecule has 2 aromatic heterocycles. The third kappa shape index (κ3) is 5.07. The number of hydrogen-bond acceptors (Lipinski definition) is 6. The summed E-state index contributed by atoms with van der Waals surface area (Å²) in [7, 11) is 2.09. The average Bonchev–Trinajstić information content (AvgIpc) is 3.46. The van der Waals surface area contributed by atoms with Gasteiger partial charge in [-0.15, -0.1) is 5.10 Å². The van der Waals surface area contributed by atoms with E-state index in [2.05, 4.69) is 58.8 Å². The van der Waals surface area contributed by atoms with Crippen LogP contribution in [0, 0.1) is 4.77 Å². The lowest BCUT2D eigenvalue weighted by atomic mass is 10.1. The number of morpholine rings is 1. The Kier molecular flexibility index (Phi) is 7.08. The molecule has 0 bridgehead atoms. The number of anilines is 1. The molecule has 1 fully saturated rings. The molecule has 4 aromatic rings. The minimum atomic E-state index is 0.591. The van der Waals surface area contributed by atoms with Crippen molar-refractivity contribution in [3.63, 3.8) is 0 Å². The topological polar surface area (TPSA) is 56.3 Å². The number of aromatic nitrogens is 5. The fourth-order valence-electron chi connectivity index (χ4n) is 4.44. The zero-order chi connectivity index (χ0) is 24.2. The number of rotatable bonds is 8. The summed E-state index contributed by atoms with van der Waals surface area (Å²) in [5, 5.41) is 9.85. The van der Waals surface area contributed by atoms with Crippen molar-refractivity contribution in [2.75, 3.05) is 38.3 Å². The first kappa shape index (κ1) is 23.5. The molecule has 182 valence electrons. The normalized spacial score (nSPS) is 14.1. The van der Waals surface area contributed by atoms with E-state index >= 15 is 0 Å². The number of hydrogen-bond donors (Lipinski definition) is 0. The van der Waals surface area contributed by atoms with E-state index in [1.807, 2.05) is 45.8 Å². The van der Waals surface area contributed by atoms with Crippen LogP contribution in [0.15, 0.2) is 66.9 Å². The summed E-state index contributed by atoms with van der Waals surface area (Å²) >= 11 is 5.80. The third-order valence-corrected chi connectivity index (χ3v) is 6.62. The zero-order valence-electron chi connectivity index (χ0n) is 20.2. The summed E-state index contributed by atoms with van der Waals surface area (Å²) < 4.78 is 12.2. The maximum absolute atomic E-state index is 5.80. The lowest BCUT2D eigenvalue weighted by Crippen LogP contribution is -2.38. The van der Waals surface area contributed by atoms with Crippen LogP contribution in [0.1, 0.15) is 12.5 Å². The summed E-state index contributed by atoms with van der Waals surface area (Å²) in [6.07, 6.45) is 2.12. The number of benzene rings is 2. The molecule has 1 saturated heterocycles. The highest BCUT2D eigenvalue weighted by Gasteiger charge is 2.20. The minimum Gasteiger partial charge on any atom is -0.378 e. The van der Waals surface area contributed by atoms with E-state index in [0.717, 1.165) is 66.1 Å². The first-order chi connectivity index (χ1) is 17.1. The van der Waals surface area contributed by atoms with Crippen molar-refractivity contribution in [1.29, 1.82) is 0 Å². The van der Waals surface area contributed by atoms with Crippen molar-refractivity contribution in [3.05, 3.63) is 77.2 Å². The highest BCUT2D eigenvalue weighted by Crippen LogP contribution is 2.25. The van der Waals surface area contributed by atoms with Crippen LogP contribution in [0.4, 0.5) is 5.95 Å². The van der Waals surface area contributed by atoms with Gasteiger partial charge in [-0.3, -0.25) is 9.47 Å². The zero-order valence-corrected chi connectivity index (χ0v) is 21.1. The van der Waals surface area contributed by atoms with Gasteiger partial charge in [0.1, 0.15) is 0 Å². The molecule has 2 aromatic carbocycles. The second kappa shape index (κ2) is 10.6. The predicted molar refractivity (Wildman–Crippen MR) is 140 cm³/mol. The van der Waals surface area contributed by atoms with E-state index in [4.69, 9.17) is 27.2 Å². The second-order valence-corrected chi connectivity index (χ2v) is 9.10. The van der Waals surface area contributed by atoms with Crippen LogP contribution < -0.4 is 4.90 Å². The van der Waals surface area contributed by atoms with E-state index in [1.165, 1.54) is 0 Å². The van der Waals surface area contributed by atoms with Gasteiger partial charge in [-0.05, 0) is 38.3 Å². The Hall–Kier alpha value is -3.27. The molecule has 0 radical (unpaired) electrons. The van der Waals surface area contributed by atoms with Crippen molar-refractivity contribution in [2.45, 2.75) is 26.7 Å². The van der Waals surface area contributed by atoms with Crippen molar-refractivity contribution in [1.82, 2.24) is 29.0 Å². The molecule has 0 atom stereocenters. The second-order valence-electron chi connectivity index (χ2n) is 8.73. The Morgan fingerprint density at radius 1 is 0.971 bits per heavy atom.